The zero-order valence-electron chi connectivity index (χ0n) is 11.3. The van der Waals surface area contributed by atoms with Crippen molar-refractivity contribution in [1.29, 1.82) is 0 Å². The van der Waals surface area contributed by atoms with E-state index >= 15 is 0 Å². The number of aryl methyl sites for hydroxylation is 1. The van der Waals surface area contributed by atoms with E-state index in [4.69, 9.17) is 11.6 Å². The summed E-state index contributed by atoms with van der Waals surface area (Å²) in [6.07, 6.45) is 2.16. The Morgan fingerprint density at radius 1 is 1.53 bits per heavy atom. The molecule has 1 aliphatic heterocycles. The van der Waals surface area contributed by atoms with Crippen LogP contribution in [0, 0.1) is 6.92 Å². The number of rotatable bonds is 3. The number of hydrogen-bond donors (Lipinski definition) is 1. The molecule has 3 nitrogen and oxygen atoms in total. The number of halogens is 2. The number of nitrogens with zero attached hydrogens (tertiary/aromatic N) is 1. The third kappa shape index (κ3) is 3.62. The normalized spacial score (nSPS) is 18.3. The number of carbonyl (C=O) groups excluding carboxylic acids is 1. The summed E-state index contributed by atoms with van der Waals surface area (Å²) in [5.74, 6) is 0.0923. The van der Waals surface area contributed by atoms with E-state index in [2.05, 4.69) is 5.32 Å². The first-order valence-corrected chi connectivity index (χ1v) is 6.73. The summed E-state index contributed by atoms with van der Waals surface area (Å²) in [4.78, 5) is 14.4. The number of amides is 1. The van der Waals surface area contributed by atoms with Gasteiger partial charge in [-0.05, 0) is 44.5 Å². The molecule has 1 unspecified atom stereocenters. The minimum atomic E-state index is 0. The number of likely N-dealkylation sites (tertiary alicyclic amines) is 1. The fourth-order valence-corrected chi connectivity index (χ4v) is 2.62. The molecule has 106 valence electrons. The molecule has 5 heteroatoms. The predicted molar refractivity (Wildman–Crippen MR) is 81.4 cm³/mol. The second-order valence-corrected chi connectivity index (χ2v) is 5.22. The molecule has 1 heterocycles. The molecule has 1 atom stereocenters. The topological polar surface area (TPSA) is 32.3 Å². The number of benzene rings is 1. The Hall–Kier alpha value is -0.770. The average Bonchev–Trinajstić information content (AvgIpc) is 2.80. The third-order valence-electron chi connectivity index (χ3n) is 3.50. The van der Waals surface area contributed by atoms with Crippen molar-refractivity contribution in [3.8, 4) is 0 Å². The summed E-state index contributed by atoms with van der Waals surface area (Å²) in [5.41, 5.74) is 1.69. The molecule has 0 bridgehead atoms. The summed E-state index contributed by atoms with van der Waals surface area (Å²) in [5, 5.41) is 3.80. The zero-order valence-corrected chi connectivity index (χ0v) is 12.9. The van der Waals surface area contributed by atoms with Crippen LogP contribution in [0.3, 0.4) is 0 Å². The summed E-state index contributed by atoms with van der Waals surface area (Å²) < 4.78 is 0. The predicted octanol–water partition coefficient (Wildman–Crippen LogP) is 2.89. The lowest BCUT2D eigenvalue weighted by molar-refractivity contribution is 0.0737. The lowest BCUT2D eigenvalue weighted by Crippen LogP contribution is -2.40. The first-order valence-electron chi connectivity index (χ1n) is 6.35. The molecule has 0 saturated carbocycles. The van der Waals surface area contributed by atoms with Crippen molar-refractivity contribution in [3.63, 3.8) is 0 Å². The maximum absolute atomic E-state index is 12.4. The quantitative estimate of drug-likeness (QED) is 0.931. The molecule has 0 radical (unpaired) electrons. The molecule has 0 aromatic heterocycles. The van der Waals surface area contributed by atoms with Crippen molar-refractivity contribution in [2.75, 3.05) is 20.1 Å². The van der Waals surface area contributed by atoms with Gasteiger partial charge in [0.25, 0.3) is 5.91 Å². The van der Waals surface area contributed by atoms with Gasteiger partial charge in [-0.25, -0.2) is 0 Å². The van der Waals surface area contributed by atoms with E-state index in [-0.39, 0.29) is 18.3 Å². The van der Waals surface area contributed by atoms with Gasteiger partial charge < -0.3 is 10.2 Å². The second-order valence-electron chi connectivity index (χ2n) is 4.82. The Morgan fingerprint density at radius 2 is 2.26 bits per heavy atom. The van der Waals surface area contributed by atoms with Crippen molar-refractivity contribution >= 4 is 29.9 Å². The van der Waals surface area contributed by atoms with Gasteiger partial charge in [-0.3, -0.25) is 4.79 Å². The minimum Gasteiger partial charge on any atom is -0.334 e. The number of carbonyl (C=O) groups is 1. The largest absolute Gasteiger partial charge is 0.334 e. The fraction of sp³-hybridized carbons (Fsp3) is 0.500. The summed E-state index contributed by atoms with van der Waals surface area (Å²) in [6.45, 7) is 3.64. The molecule has 19 heavy (non-hydrogen) atoms. The monoisotopic (exact) mass is 302 g/mol. The molecule has 1 fully saturated rings. The van der Waals surface area contributed by atoms with Crippen molar-refractivity contribution in [2.24, 2.45) is 0 Å². The second kappa shape index (κ2) is 7.13. The van der Waals surface area contributed by atoms with Crippen LogP contribution in [0.1, 0.15) is 28.8 Å². The van der Waals surface area contributed by atoms with Gasteiger partial charge in [-0.15, -0.1) is 12.4 Å². The highest BCUT2D eigenvalue weighted by Crippen LogP contribution is 2.22. The van der Waals surface area contributed by atoms with E-state index < -0.39 is 0 Å². The number of hydrogen-bond acceptors (Lipinski definition) is 2. The molecule has 0 aliphatic carbocycles. The molecule has 1 aliphatic rings. The molecule has 1 aromatic rings. The molecule has 1 saturated heterocycles. The van der Waals surface area contributed by atoms with Crippen LogP contribution < -0.4 is 5.32 Å². The lowest BCUT2D eigenvalue weighted by Gasteiger charge is -2.24. The van der Waals surface area contributed by atoms with E-state index in [1.165, 1.54) is 0 Å². The minimum absolute atomic E-state index is 0. The van der Waals surface area contributed by atoms with Crippen LogP contribution in [0.25, 0.3) is 0 Å². The average molecular weight is 303 g/mol. The van der Waals surface area contributed by atoms with E-state index in [0.29, 0.717) is 16.6 Å². The van der Waals surface area contributed by atoms with Crippen LogP contribution in [0.15, 0.2) is 18.2 Å². The highest BCUT2D eigenvalue weighted by molar-refractivity contribution is 6.31. The molecular formula is C14H20Cl2N2O. The number of likely N-dealkylation sites (N-methyl/N-ethyl adjacent to an activating group) is 1. The van der Waals surface area contributed by atoms with Crippen LogP contribution in [0.2, 0.25) is 5.02 Å². The first-order chi connectivity index (χ1) is 8.63. The first kappa shape index (κ1) is 16.3. The van der Waals surface area contributed by atoms with Gasteiger partial charge in [0.1, 0.15) is 0 Å². The lowest BCUT2D eigenvalue weighted by atomic mass is 10.1. The van der Waals surface area contributed by atoms with Gasteiger partial charge in [0.2, 0.25) is 0 Å². The summed E-state index contributed by atoms with van der Waals surface area (Å²) in [7, 11) is 1.92. The number of nitrogens with one attached hydrogen (secondary N) is 1. The Bertz CT molecular complexity index is 451. The van der Waals surface area contributed by atoms with Crippen LogP contribution in [-0.4, -0.2) is 37.0 Å². The highest BCUT2D eigenvalue weighted by atomic mass is 35.5. The van der Waals surface area contributed by atoms with E-state index in [9.17, 15) is 4.79 Å². The standard InChI is InChI=1S/C14H19ClN2O.ClH/c1-10-5-6-11(8-13(10)15)14(18)17-7-3-4-12(17)9-16-2;/h5-6,8,12,16H,3-4,7,9H2,1-2H3;1H. The van der Waals surface area contributed by atoms with Crippen LogP contribution in [0.4, 0.5) is 0 Å². The Morgan fingerprint density at radius 3 is 2.89 bits per heavy atom. The van der Waals surface area contributed by atoms with Gasteiger partial charge in [0.05, 0.1) is 0 Å². The molecule has 2 rings (SSSR count). The Labute approximate surface area is 125 Å². The molecule has 1 N–H and O–H groups in total. The maximum atomic E-state index is 12.4. The van der Waals surface area contributed by atoms with E-state index in [0.717, 1.165) is 31.5 Å². The highest BCUT2D eigenvalue weighted by Gasteiger charge is 2.28. The van der Waals surface area contributed by atoms with Crippen molar-refractivity contribution < 1.29 is 4.79 Å². The van der Waals surface area contributed by atoms with E-state index in [1.807, 2.05) is 31.0 Å². The summed E-state index contributed by atoms with van der Waals surface area (Å²) >= 11 is 6.08. The van der Waals surface area contributed by atoms with Crippen LogP contribution >= 0.6 is 24.0 Å². The van der Waals surface area contributed by atoms with Crippen LogP contribution in [-0.2, 0) is 0 Å². The Kier molecular flexibility index (Phi) is 6.11. The molecule has 0 spiro atoms. The molecule has 1 amide bonds. The van der Waals surface area contributed by atoms with Crippen LogP contribution in [0.5, 0.6) is 0 Å². The summed E-state index contributed by atoms with van der Waals surface area (Å²) in [6, 6.07) is 5.84. The third-order valence-corrected chi connectivity index (χ3v) is 3.90. The molecular weight excluding hydrogens is 283 g/mol. The SMILES string of the molecule is CNCC1CCCN1C(=O)c1ccc(C)c(Cl)c1.Cl. The van der Waals surface area contributed by atoms with Gasteiger partial charge in [0, 0.05) is 29.7 Å². The van der Waals surface area contributed by atoms with Gasteiger partial charge >= 0.3 is 0 Å². The van der Waals surface area contributed by atoms with Gasteiger partial charge in [0.15, 0.2) is 0 Å². The molecule has 1 aromatic carbocycles. The Balaban J connectivity index is 0.00000180. The zero-order chi connectivity index (χ0) is 13.1. The van der Waals surface area contributed by atoms with Gasteiger partial charge in [-0.2, -0.15) is 0 Å². The van der Waals surface area contributed by atoms with Gasteiger partial charge in [-0.1, -0.05) is 17.7 Å². The fourth-order valence-electron chi connectivity index (χ4n) is 2.44. The van der Waals surface area contributed by atoms with Crippen molar-refractivity contribution in [2.45, 2.75) is 25.8 Å². The maximum Gasteiger partial charge on any atom is 0.254 e. The van der Waals surface area contributed by atoms with Crippen molar-refractivity contribution in [3.05, 3.63) is 34.3 Å². The van der Waals surface area contributed by atoms with Crippen molar-refractivity contribution in [1.82, 2.24) is 10.2 Å². The smallest absolute Gasteiger partial charge is 0.254 e. The van der Waals surface area contributed by atoms with E-state index in [1.54, 1.807) is 6.07 Å².